The summed E-state index contributed by atoms with van der Waals surface area (Å²) in [5, 5.41) is 12.3. The molecule has 0 aliphatic carbocycles. The molecule has 0 radical (unpaired) electrons. The summed E-state index contributed by atoms with van der Waals surface area (Å²) < 4.78 is 5.61. The Kier molecular flexibility index (Phi) is 8.73. The van der Waals surface area contributed by atoms with E-state index in [4.69, 9.17) is 10.00 Å². The van der Waals surface area contributed by atoms with Crippen LogP contribution < -0.4 is 5.32 Å². The highest BCUT2D eigenvalue weighted by molar-refractivity contribution is 5.14. The van der Waals surface area contributed by atoms with Crippen LogP contribution in [-0.2, 0) is 11.3 Å². The number of nitrogens with one attached hydrogen (secondary N) is 1. The molecule has 1 N–H and O–H groups in total. The lowest BCUT2D eigenvalue weighted by Gasteiger charge is -2.14. The molecule has 1 rings (SSSR count). The lowest BCUT2D eigenvalue weighted by atomic mass is 9.89. The summed E-state index contributed by atoms with van der Waals surface area (Å²) in [6.45, 7) is 7.50. The zero-order valence-corrected chi connectivity index (χ0v) is 13.4. The molecule has 21 heavy (non-hydrogen) atoms. The summed E-state index contributed by atoms with van der Waals surface area (Å²) in [6.07, 6.45) is 4.09. The summed E-state index contributed by atoms with van der Waals surface area (Å²) in [6, 6.07) is 12.8. The van der Waals surface area contributed by atoms with Crippen LogP contribution in [0.2, 0.25) is 0 Å². The maximum Gasteiger partial charge on any atom is 0.0683 e. The molecule has 0 amide bonds. The van der Waals surface area contributed by atoms with Crippen molar-refractivity contribution in [3.8, 4) is 6.07 Å². The van der Waals surface area contributed by atoms with E-state index < -0.39 is 0 Å². The first-order valence-corrected chi connectivity index (χ1v) is 7.88. The van der Waals surface area contributed by atoms with Crippen molar-refractivity contribution in [3.63, 3.8) is 0 Å². The maximum atomic E-state index is 8.91. The van der Waals surface area contributed by atoms with Gasteiger partial charge in [-0.1, -0.05) is 30.3 Å². The van der Waals surface area contributed by atoms with Gasteiger partial charge in [0.2, 0.25) is 0 Å². The number of unbranched alkanes of at least 4 members (excludes halogenated alkanes) is 1. The second kappa shape index (κ2) is 10.4. The maximum absolute atomic E-state index is 8.91. The zero-order valence-electron chi connectivity index (χ0n) is 13.4. The molecule has 0 fully saturated rings. The van der Waals surface area contributed by atoms with E-state index in [0.29, 0.717) is 0 Å². The van der Waals surface area contributed by atoms with Crippen LogP contribution in [0.1, 0.15) is 45.1 Å². The van der Waals surface area contributed by atoms with Gasteiger partial charge in [-0.3, -0.25) is 0 Å². The van der Waals surface area contributed by atoms with Gasteiger partial charge in [0, 0.05) is 19.8 Å². The van der Waals surface area contributed by atoms with Crippen LogP contribution in [0.25, 0.3) is 0 Å². The first-order chi connectivity index (χ1) is 10.1. The van der Waals surface area contributed by atoms with Crippen molar-refractivity contribution in [1.29, 1.82) is 5.26 Å². The quantitative estimate of drug-likeness (QED) is 0.628. The highest BCUT2D eigenvalue weighted by Crippen LogP contribution is 2.21. The van der Waals surface area contributed by atoms with E-state index in [0.717, 1.165) is 52.0 Å². The smallest absolute Gasteiger partial charge is 0.0683 e. The second-order valence-electron chi connectivity index (χ2n) is 6.08. The van der Waals surface area contributed by atoms with Crippen LogP contribution in [0.5, 0.6) is 0 Å². The standard InChI is InChI=1S/C18H28N2O/c1-18(2,16-19)11-6-7-13-21-14-8-12-20-15-17-9-4-3-5-10-17/h3-5,9-10,20H,6-8,11-15H2,1-2H3. The van der Waals surface area contributed by atoms with Crippen LogP contribution in [0.4, 0.5) is 0 Å². The van der Waals surface area contributed by atoms with E-state index in [9.17, 15) is 0 Å². The minimum atomic E-state index is -0.193. The molecule has 3 heteroatoms. The van der Waals surface area contributed by atoms with Crippen molar-refractivity contribution >= 4 is 0 Å². The summed E-state index contributed by atoms with van der Waals surface area (Å²) in [4.78, 5) is 0. The largest absolute Gasteiger partial charge is 0.381 e. The Hall–Kier alpha value is -1.37. The van der Waals surface area contributed by atoms with Crippen LogP contribution >= 0.6 is 0 Å². The molecule has 0 bridgehead atoms. The second-order valence-corrected chi connectivity index (χ2v) is 6.08. The number of rotatable bonds is 11. The lowest BCUT2D eigenvalue weighted by Crippen LogP contribution is -2.16. The van der Waals surface area contributed by atoms with E-state index in [2.05, 4.69) is 35.7 Å². The van der Waals surface area contributed by atoms with Crippen LogP contribution in [0, 0.1) is 16.7 Å². The summed E-state index contributed by atoms with van der Waals surface area (Å²) >= 11 is 0. The zero-order chi connectivity index (χ0) is 15.4. The summed E-state index contributed by atoms with van der Waals surface area (Å²) in [7, 11) is 0. The Morgan fingerprint density at radius 1 is 1.10 bits per heavy atom. The fraction of sp³-hybridized carbons (Fsp3) is 0.611. The van der Waals surface area contributed by atoms with Gasteiger partial charge in [0.25, 0.3) is 0 Å². The summed E-state index contributed by atoms with van der Waals surface area (Å²) in [5.41, 5.74) is 1.12. The Labute approximate surface area is 129 Å². The molecule has 0 saturated carbocycles. The molecule has 0 atom stereocenters. The van der Waals surface area contributed by atoms with Gasteiger partial charge in [-0.15, -0.1) is 0 Å². The van der Waals surface area contributed by atoms with Crippen LogP contribution in [-0.4, -0.2) is 19.8 Å². The predicted octanol–water partition coefficient (Wildman–Crippen LogP) is 3.90. The third kappa shape index (κ3) is 9.23. The first-order valence-electron chi connectivity index (χ1n) is 7.88. The van der Waals surface area contributed by atoms with Crippen molar-refractivity contribution < 1.29 is 4.74 Å². The topological polar surface area (TPSA) is 45.0 Å². The van der Waals surface area contributed by atoms with Gasteiger partial charge in [-0.2, -0.15) is 5.26 Å². The third-order valence-electron chi connectivity index (χ3n) is 3.46. The van der Waals surface area contributed by atoms with Crippen LogP contribution in [0.3, 0.4) is 0 Å². The van der Waals surface area contributed by atoms with E-state index >= 15 is 0 Å². The molecule has 116 valence electrons. The van der Waals surface area contributed by atoms with Gasteiger partial charge in [-0.05, 0) is 51.6 Å². The fourth-order valence-electron chi connectivity index (χ4n) is 2.06. The Bertz CT molecular complexity index is 409. The molecule has 0 aliphatic heterocycles. The number of benzene rings is 1. The highest BCUT2D eigenvalue weighted by atomic mass is 16.5. The number of ether oxygens (including phenoxy) is 1. The van der Waals surface area contributed by atoms with Gasteiger partial charge >= 0.3 is 0 Å². The van der Waals surface area contributed by atoms with Crippen LogP contribution in [0.15, 0.2) is 30.3 Å². The van der Waals surface area contributed by atoms with E-state index in [-0.39, 0.29) is 5.41 Å². The molecule has 0 saturated heterocycles. The van der Waals surface area contributed by atoms with Gasteiger partial charge in [0.1, 0.15) is 0 Å². The monoisotopic (exact) mass is 288 g/mol. The van der Waals surface area contributed by atoms with E-state index in [1.165, 1.54) is 5.56 Å². The van der Waals surface area contributed by atoms with Crippen molar-refractivity contribution in [2.75, 3.05) is 19.8 Å². The van der Waals surface area contributed by atoms with Crippen molar-refractivity contribution in [3.05, 3.63) is 35.9 Å². The molecule has 0 aromatic heterocycles. The fourth-order valence-corrected chi connectivity index (χ4v) is 2.06. The molecule has 0 spiro atoms. The van der Waals surface area contributed by atoms with Crippen molar-refractivity contribution in [2.24, 2.45) is 5.41 Å². The average molecular weight is 288 g/mol. The van der Waals surface area contributed by atoms with Crippen molar-refractivity contribution in [2.45, 2.75) is 46.1 Å². The SMILES string of the molecule is CC(C)(C#N)CCCCOCCCNCc1ccccc1. The van der Waals surface area contributed by atoms with E-state index in [1.54, 1.807) is 0 Å². The predicted molar refractivity (Wildman–Crippen MR) is 86.8 cm³/mol. The van der Waals surface area contributed by atoms with Gasteiger partial charge in [-0.25, -0.2) is 0 Å². The molecule has 1 aromatic carbocycles. The summed E-state index contributed by atoms with van der Waals surface area (Å²) in [5.74, 6) is 0. The van der Waals surface area contributed by atoms with Crippen molar-refractivity contribution in [1.82, 2.24) is 5.32 Å². The van der Waals surface area contributed by atoms with Gasteiger partial charge in [0.15, 0.2) is 0 Å². The minimum absolute atomic E-state index is 0.193. The molecule has 0 aliphatic rings. The Morgan fingerprint density at radius 3 is 2.52 bits per heavy atom. The molecule has 0 heterocycles. The van der Waals surface area contributed by atoms with E-state index in [1.807, 2.05) is 19.9 Å². The molecule has 1 aromatic rings. The number of nitriles is 1. The minimum Gasteiger partial charge on any atom is -0.381 e. The molecule has 3 nitrogen and oxygen atoms in total. The highest BCUT2D eigenvalue weighted by Gasteiger charge is 2.15. The van der Waals surface area contributed by atoms with Gasteiger partial charge < -0.3 is 10.1 Å². The molecule has 0 unspecified atom stereocenters. The average Bonchev–Trinajstić information content (AvgIpc) is 2.50. The Morgan fingerprint density at radius 2 is 1.81 bits per heavy atom. The number of hydrogen-bond acceptors (Lipinski definition) is 3. The number of nitrogens with zero attached hydrogens (tertiary/aromatic N) is 1. The third-order valence-corrected chi connectivity index (χ3v) is 3.46. The Balaban J connectivity index is 1.86. The molecular formula is C18H28N2O. The normalized spacial score (nSPS) is 11.3. The molecular weight excluding hydrogens is 260 g/mol. The van der Waals surface area contributed by atoms with Gasteiger partial charge in [0.05, 0.1) is 11.5 Å². The first kappa shape index (κ1) is 17.7. The lowest BCUT2D eigenvalue weighted by molar-refractivity contribution is 0.126. The number of hydrogen-bond donors (Lipinski definition) is 1.